The molecule has 9 heteroatoms. The summed E-state index contributed by atoms with van der Waals surface area (Å²) in [4.78, 5) is 6.35. The smallest absolute Gasteiger partial charge is 0.263 e. The van der Waals surface area contributed by atoms with Crippen LogP contribution in [-0.2, 0) is 6.42 Å². The number of nitrogens with one attached hydrogen (secondary N) is 1. The highest BCUT2D eigenvalue weighted by Crippen LogP contribution is 2.46. The molecule has 1 fully saturated rings. The predicted molar refractivity (Wildman–Crippen MR) is 126 cm³/mol. The van der Waals surface area contributed by atoms with E-state index in [9.17, 15) is 8.78 Å². The molecule has 3 aliphatic rings. The third kappa shape index (κ3) is 3.82. The zero-order valence-corrected chi connectivity index (χ0v) is 19.9. The molecule has 5 rings (SSSR count). The number of anilines is 2. The van der Waals surface area contributed by atoms with E-state index in [2.05, 4.69) is 20.5 Å². The quantitative estimate of drug-likeness (QED) is 0.675. The van der Waals surface area contributed by atoms with Gasteiger partial charge in [-0.2, -0.15) is 0 Å². The molecule has 0 saturated carbocycles. The molecular formula is C24H28ClF2N5O. The Labute approximate surface area is 198 Å². The van der Waals surface area contributed by atoms with E-state index < -0.39 is 24.1 Å². The summed E-state index contributed by atoms with van der Waals surface area (Å²) >= 11 is 6.02. The standard InChI is InChI=1S/C24H28ClF2N5O/c1-13-17-6-5-15(7-14(17)8-19(29-13)23(2,3)4)33-16-10-24(22(26)27)12-28-21-18(32(24)11-16)9-20(25)30-31-21/h5-7,9,16,19,22H,8,10-12H2,1-4H3,(H,28,31)/t16-,19?,24-/m1/s1/i19D. The number of benzene rings is 1. The number of halogens is 3. The van der Waals surface area contributed by atoms with Crippen LogP contribution in [0.3, 0.4) is 0 Å². The minimum Gasteiger partial charge on any atom is -0.488 e. The van der Waals surface area contributed by atoms with E-state index in [0.29, 0.717) is 23.7 Å². The Kier molecular flexibility index (Phi) is 4.98. The van der Waals surface area contributed by atoms with Crippen molar-refractivity contribution in [3.63, 3.8) is 0 Å². The first-order chi connectivity index (χ1) is 15.9. The lowest BCUT2D eigenvalue weighted by Gasteiger charge is -2.43. The van der Waals surface area contributed by atoms with E-state index in [1.807, 2.05) is 45.9 Å². The molecule has 0 bridgehead atoms. The number of aromatic nitrogens is 2. The molecule has 0 radical (unpaired) electrons. The zero-order chi connectivity index (χ0) is 24.5. The fraction of sp³-hybridized carbons (Fsp3) is 0.542. The number of ether oxygens (including phenoxy) is 1. The van der Waals surface area contributed by atoms with Gasteiger partial charge < -0.3 is 15.0 Å². The second kappa shape index (κ2) is 7.79. The number of hydrogen-bond acceptors (Lipinski definition) is 6. The van der Waals surface area contributed by atoms with E-state index in [1.165, 1.54) is 0 Å². The molecule has 1 saturated heterocycles. The Balaban J connectivity index is 1.43. The van der Waals surface area contributed by atoms with E-state index in [1.54, 1.807) is 11.0 Å². The Hall–Kier alpha value is -2.48. The van der Waals surface area contributed by atoms with Crippen LogP contribution in [0.25, 0.3) is 0 Å². The monoisotopic (exact) mass is 476 g/mol. The second-order valence-electron chi connectivity index (χ2n) is 10.1. The van der Waals surface area contributed by atoms with Crippen LogP contribution in [0.5, 0.6) is 5.75 Å². The second-order valence-corrected chi connectivity index (χ2v) is 10.5. The van der Waals surface area contributed by atoms with E-state index in [0.717, 1.165) is 16.8 Å². The number of hydrogen-bond donors (Lipinski definition) is 1. The Morgan fingerprint density at radius 2 is 2.09 bits per heavy atom. The van der Waals surface area contributed by atoms with Crippen molar-refractivity contribution in [1.82, 2.24) is 10.2 Å². The van der Waals surface area contributed by atoms with Gasteiger partial charge in [-0.05, 0) is 48.1 Å². The summed E-state index contributed by atoms with van der Waals surface area (Å²) in [5.74, 6) is 1.05. The van der Waals surface area contributed by atoms with E-state index >= 15 is 0 Å². The van der Waals surface area contributed by atoms with Gasteiger partial charge in [-0.15, -0.1) is 10.2 Å². The maximum Gasteiger partial charge on any atom is 0.263 e. The summed E-state index contributed by atoms with van der Waals surface area (Å²) in [7, 11) is 0. The summed E-state index contributed by atoms with van der Waals surface area (Å²) < 4.78 is 44.0. The first-order valence-corrected chi connectivity index (χ1v) is 11.5. The molecule has 176 valence electrons. The fourth-order valence-electron chi connectivity index (χ4n) is 5.00. The van der Waals surface area contributed by atoms with Crippen LogP contribution < -0.4 is 15.0 Å². The first kappa shape index (κ1) is 21.1. The van der Waals surface area contributed by atoms with Crippen LogP contribution in [-0.4, -0.2) is 53.1 Å². The van der Waals surface area contributed by atoms with Crippen molar-refractivity contribution in [2.24, 2.45) is 10.4 Å². The highest BCUT2D eigenvalue weighted by molar-refractivity contribution is 6.29. The first-order valence-electron chi connectivity index (χ1n) is 11.6. The summed E-state index contributed by atoms with van der Waals surface area (Å²) in [5.41, 5.74) is 1.57. The minimum absolute atomic E-state index is 0.0423. The normalized spacial score (nSPS) is 29.0. The Morgan fingerprint density at radius 3 is 2.82 bits per heavy atom. The predicted octanol–water partition coefficient (Wildman–Crippen LogP) is 5.00. The lowest BCUT2D eigenvalue weighted by molar-refractivity contribution is 0.0532. The van der Waals surface area contributed by atoms with Crippen LogP contribution in [0.15, 0.2) is 29.3 Å². The average Bonchev–Trinajstić information content (AvgIpc) is 3.12. The molecule has 1 N–H and O–H groups in total. The van der Waals surface area contributed by atoms with Crippen molar-refractivity contribution in [2.75, 3.05) is 23.3 Å². The van der Waals surface area contributed by atoms with E-state index in [-0.39, 0.29) is 30.1 Å². The molecule has 2 aromatic rings. The molecular weight excluding hydrogens is 448 g/mol. The number of nitrogens with zero attached hydrogens (tertiary/aromatic N) is 4. The molecule has 1 unspecified atom stereocenters. The fourth-order valence-corrected chi connectivity index (χ4v) is 5.14. The third-order valence-corrected chi connectivity index (χ3v) is 6.99. The van der Waals surface area contributed by atoms with Gasteiger partial charge in [0, 0.05) is 24.7 Å². The van der Waals surface area contributed by atoms with Gasteiger partial charge in [-0.25, -0.2) is 8.78 Å². The molecule has 1 aromatic heterocycles. The van der Waals surface area contributed by atoms with Crippen molar-refractivity contribution < 1.29 is 14.9 Å². The maximum absolute atomic E-state index is 14.4. The molecule has 0 spiro atoms. The van der Waals surface area contributed by atoms with Gasteiger partial charge in [0.15, 0.2) is 11.0 Å². The van der Waals surface area contributed by atoms with Crippen molar-refractivity contribution in [2.45, 2.75) is 64.6 Å². The van der Waals surface area contributed by atoms with Crippen molar-refractivity contribution in [3.8, 4) is 5.75 Å². The van der Waals surface area contributed by atoms with E-state index in [4.69, 9.17) is 17.7 Å². The molecule has 3 aliphatic heterocycles. The van der Waals surface area contributed by atoms with Gasteiger partial charge in [0.1, 0.15) is 17.4 Å². The van der Waals surface area contributed by atoms with Crippen molar-refractivity contribution in [1.29, 1.82) is 0 Å². The molecule has 33 heavy (non-hydrogen) atoms. The van der Waals surface area contributed by atoms with Gasteiger partial charge in [0.25, 0.3) is 6.43 Å². The Bertz CT molecular complexity index is 1170. The van der Waals surface area contributed by atoms with Crippen LogP contribution in [0.1, 0.15) is 46.6 Å². The number of alkyl halides is 2. The van der Waals surface area contributed by atoms with Crippen LogP contribution >= 0.6 is 11.6 Å². The van der Waals surface area contributed by atoms with Gasteiger partial charge >= 0.3 is 0 Å². The SMILES string of the molecule is [2H]C1(C(C)(C)C)Cc2cc(O[C@H]3CN4c5cc(Cl)nnc5NC[C@@]4(C(F)F)C3)ccc2C(C)=N1. The Morgan fingerprint density at radius 1 is 1.30 bits per heavy atom. The summed E-state index contributed by atoms with van der Waals surface area (Å²) in [6.07, 6.45) is -2.42. The van der Waals surface area contributed by atoms with Gasteiger partial charge in [-0.3, -0.25) is 4.99 Å². The van der Waals surface area contributed by atoms with Crippen LogP contribution in [0.2, 0.25) is 5.15 Å². The number of rotatable bonds is 3. The molecule has 4 heterocycles. The summed E-state index contributed by atoms with van der Waals surface area (Å²) in [5, 5.41) is 11.0. The average molecular weight is 477 g/mol. The third-order valence-electron chi connectivity index (χ3n) is 6.80. The van der Waals surface area contributed by atoms with Gasteiger partial charge in [0.2, 0.25) is 0 Å². The molecule has 0 amide bonds. The van der Waals surface area contributed by atoms with Crippen molar-refractivity contribution >= 4 is 28.8 Å². The molecule has 3 atom stereocenters. The van der Waals surface area contributed by atoms with Gasteiger partial charge in [-0.1, -0.05) is 32.4 Å². The minimum atomic E-state index is -2.59. The van der Waals surface area contributed by atoms with Crippen LogP contribution in [0, 0.1) is 5.41 Å². The van der Waals surface area contributed by atoms with Crippen molar-refractivity contribution in [3.05, 3.63) is 40.5 Å². The summed E-state index contributed by atoms with van der Waals surface area (Å²) in [6.45, 7) is 8.30. The molecule has 6 nitrogen and oxygen atoms in total. The number of aliphatic imine (C=N–C) groups is 1. The zero-order valence-electron chi connectivity index (χ0n) is 20.1. The lowest BCUT2D eigenvalue weighted by atomic mass is 9.80. The van der Waals surface area contributed by atoms with Crippen LogP contribution in [0.4, 0.5) is 20.3 Å². The highest BCUT2D eigenvalue weighted by Gasteiger charge is 2.55. The number of fused-ring (bicyclic) bond motifs is 4. The van der Waals surface area contributed by atoms with Gasteiger partial charge in [0.05, 0.1) is 19.6 Å². The molecule has 1 aromatic carbocycles. The topological polar surface area (TPSA) is 62.6 Å². The largest absolute Gasteiger partial charge is 0.488 e. The maximum atomic E-state index is 14.4. The lowest BCUT2D eigenvalue weighted by Crippen LogP contribution is -2.57. The summed E-state index contributed by atoms with van der Waals surface area (Å²) in [6, 6.07) is 6.32. The highest BCUT2D eigenvalue weighted by atomic mass is 35.5. The molecule has 0 aliphatic carbocycles.